The van der Waals surface area contributed by atoms with Crippen LogP contribution in [-0.2, 0) is 0 Å². The summed E-state index contributed by atoms with van der Waals surface area (Å²) in [6.45, 7) is 0. The first-order chi connectivity index (χ1) is 7.75. The monoisotopic (exact) mass is 234 g/mol. The number of H-pyrrole nitrogens is 1. The zero-order valence-electron chi connectivity index (χ0n) is 8.61. The van der Waals surface area contributed by atoms with E-state index in [1.807, 2.05) is 6.07 Å². The number of aromatic nitrogens is 2. The first kappa shape index (κ1) is 9.78. The summed E-state index contributed by atoms with van der Waals surface area (Å²) in [5.74, 6) is 0.331. The first-order valence-electron chi connectivity index (χ1n) is 5.32. The van der Waals surface area contributed by atoms with Crippen molar-refractivity contribution in [3.63, 3.8) is 0 Å². The van der Waals surface area contributed by atoms with Crippen LogP contribution in [-0.4, -0.2) is 9.78 Å². The van der Waals surface area contributed by atoms with Crippen molar-refractivity contribution in [2.45, 2.75) is 18.8 Å². The van der Waals surface area contributed by atoms with Crippen molar-refractivity contribution < 1.29 is 4.39 Å². The van der Waals surface area contributed by atoms with Crippen molar-refractivity contribution in [1.82, 2.24) is 9.78 Å². The number of hydrogen-bond acceptors (Lipinski definition) is 1. The van der Waals surface area contributed by atoms with Gasteiger partial charge in [-0.1, -0.05) is 24.4 Å². The molecule has 1 saturated carbocycles. The van der Waals surface area contributed by atoms with Crippen LogP contribution in [0.5, 0.6) is 0 Å². The number of nitrogens with one attached hydrogen (secondary N) is 1. The normalized spacial score (nSPS) is 15.3. The van der Waals surface area contributed by atoms with Crippen LogP contribution in [0, 0.1) is 10.5 Å². The van der Waals surface area contributed by atoms with Gasteiger partial charge in [-0.25, -0.2) is 9.07 Å². The van der Waals surface area contributed by atoms with Gasteiger partial charge in [0, 0.05) is 11.6 Å². The molecule has 3 rings (SSSR count). The topological polar surface area (TPSA) is 20.7 Å². The van der Waals surface area contributed by atoms with Gasteiger partial charge in [0.05, 0.1) is 5.69 Å². The number of nitrogens with zero attached hydrogens (tertiary/aromatic N) is 1. The highest BCUT2D eigenvalue weighted by molar-refractivity contribution is 7.71. The van der Waals surface area contributed by atoms with Crippen molar-refractivity contribution in [1.29, 1.82) is 0 Å². The second kappa shape index (κ2) is 3.56. The molecule has 2 aromatic rings. The highest BCUT2D eigenvalue weighted by Gasteiger charge is 2.25. The van der Waals surface area contributed by atoms with Gasteiger partial charge in [0.15, 0.2) is 0 Å². The van der Waals surface area contributed by atoms with Crippen molar-refractivity contribution >= 4 is 12.2 Å². The third kappa shape index (κ3) is 1.59. The molecular formula is C12H11FN2S. The van der Waals surface area contributed by atoms with Crippen LogP contribution in [0.2, 0.25) is 0 Å². The molecule has 0 aliphatic heterocycles. The van der Waals surface area contributed by atoms with Crippen molar-refractivity contribution in [2.75, 3.05) is 0 Å². The van der Waals surface area contributed by atoms with Gasteiger partial charge in [-0.2, -0.15) is 0 Å². The van der Waals surface area contributed by atoms with Crippen LogP contribution in [0.4, 0.5) is 4.39 Å². The SMILES string of the molecule is Fc1ccccc1-n1[nH]c(C2CC2)cc1=S. The smallest absolute Gasteiger partial charge is 0.148 e. The molecule has 1 heterocycles. The summed E-state index contributed by atoms with van der Waals surface area (Å²) < 4.78 is 15.9. The molecule has 1 aliphatic rings. The molecule has 1 fully saturated rings. The third-order valence-corrected chi connectivity index (χ3v) is 3.15. The van der Waals surface area contributed by atoms with E-state index in [2.05, 4.69) is 5.10 Å². The maximum Gasteiger partial charge on any atom is 0.148 e. The molecule has 16 heavy (non-hydrogen) atoms. The zero-order valence-corrected chi connectivity index (χ0v) is 9.43. The van der Waals surface area contributed by atoms with Crippen LogP contribution in [0.15, 0.2) is 30.3 Å². The average molecular weight is 234 g/mol. The van der Waals surface area contributed by atoms with Crippen LogP contribution < -0.4 is 0 Å². The Balaban J connectivity index is 2.12. The molecule has 0 bridgehead atoms. The lowest BCUT2D eigenvalue weighted by Gasteiger charge is -2.03. The Morgan fingerprint density at radius 3 is 2.75 bits per heavy atom. The van der Waals surface area contributed by atoms with Crippen molar-refractivity contribution in [3.8, 4) is 5.69 Å². The van der Waals surface area contributed by atoms with E-state index >= 15 is 0 Å². The minimum absolute atomic E-state index is 0.261. The third-order valence-electron chi connectivity index (χ3n) is 2.85. The molecule has 1 aromatic carbocycles. The summed E-state index contributed by atoms with van der Waals surface area (Å²) in [4.78, 5) is 0. The van der Waals surface area contributed by atoms with E-state index in [-0.39, 0.29) is 5.82 Å². The van der Waals surface area contributed by atoms with Gasteiger partial charge in [-0.15, -0.1) is 0 Å². The molecule has 82 valence electrons. The summed E-state index contributed by atoms with van der Waals surface area (Å²) in [6, 6.07) is 8.57. The molecule has 0 atom stereocenters. The molecule has 0 saturated heterocycles. The predicted octanol–water partition coefficient (Wildman–Crippen LogP) is 3.55. The first-order valence-corrected chi connectivity index (χ1v) is 5.73. The molecule has 0 amide bonds. The molecule has 1 aliphatic carbocycles. The fourth-order valence-electron chi connectivity index (χ4n) is 1.83. The molecule has 0 unspecified atom stereocenters. The Morgan fingerprint density at radius 2 is 2.06 bits per heavy atom. The Morgan fingerprint density at radius 1 is 1.31 bits per heavy atom. The highest BCUT2D eigenvalue weighted by atomic mass is 32.1. The van der Waals surface area contributed by atoms with Gasteiger partial charge in [0.2, 0.25) is 0 Å². The zero-order chi connectivity index (χ0) is 11.1. The fraction of sp³-hybridized carbons (Fsp3) is 0.250. The maximum atomic E-state index is 13.6. The lowest BCUT2D eigenvalue weighted by atomic mass is 10.3. The van der Waals surface area contributed by atoms with E-state index in [1.165, 1.54) is 18.9 Å². The second-order valence-corrected chi connectivity index (χ2v) is 4.53. The van der Waals surface area contributed by atoms with Crippen LogP contribution in [0.25, 0.3) is 5.69 Å². The van der Waals surface area contributed by atoms with E-state index in [0.29, 0.717) is 16.2 Å². The van der Waals surface area contributed by atoms with Crippen LogP contribution in [0.1, 0.15) is 24.5 Å². The molecule has 0 spiro atoms. The van der Waals surface area contributed by atoms with Gasteiger partial charge >= 0.3 is 0 Å². The minimum Gasteiger partial charge on any atom is -0.297 e. The van der Waals surface area contributed by atoms with Crippen LogP contribution in [0.3, 0.4) is 0 Å². The average Bonchev–Trinajstić information content (AvgIpc) is 3.04. The molecular weight excluding hydrogens is 223 g/mol. The lowest BCUT2D eigenvalue weighted by molar-refractivity contribution is 0.609. The summed E-state index contributed by atoms with van der Waals surface area (Å²) in [5.41, 5.74) is 1.60. The molecule has 4 heteroatoms. The summed E-state index contributed by atoms with van der Waals surface area (Å²) >= 11 is 5.23. The molecule has 2 nitrogen and oxygen atoms in total. The van der Waals surface area contributed by atoms with E-state index < -0.39 is 0 Å². The summed E-state index contributed by atoms with van der Waals surface area (Å²) in [6.07, 6.45) is 2.40. The van der Waals surface area contributed by atoms with Crippen molar-refractivity contribution in [3.05, 3.63) is 46.5 Å². The summed E-state index contributed by atoms with van der Waals surface area (Å²) in [5, 5.41) is 3.17. The van der Waals surface area contributed by atoms with Gasteiger partial charge in [0.25, 0.3) is 0 Å². The Kier molecular flexibility index (Phi) is 2.17. The lowest BCUT2D eigenvalue weighted by Crippen LogP contribution is -1.99. The molecule has 1 N–H and O–H groups in total. The van der Waals surface area contributed by atoms with Gasteiger partial charge in [-0.3, -0.25) is 5.10 Å². The van der Waals surface area contributed by atoms with E-state index in [1.54, 1.807) is 22.9 Å². The fourth-order valence-corrected chi connectivity index (χ4v) is 2.10. The van der Waals surface area contributed by atoms with Crippen LogP contribution >= 0.6 is 12.2 Å². The Bertz CT molecular complexity index is 581. The number of benzene rings is 1. The molecule has 0 radical (unpaired) electrons. The van der Waals surface area contributed by atoms with E-state index in [0.717, 1.165) is 5.69 Å². The number of hydrogen-bond donors (Lipinski definition) is 1. The predicted molar refractivity (Wildman–Crippen MR) is 62.9 cm³/mol. The Hall–Kier alpha value is -1.42. The number of para-hydroxylation sites is 1. The van der Waals surface area contributed by atoms with Gasteiger partial charge in [-0.05, 0) is 31.0 Å². The largest absolute Gasteiger partial charge is 0.297 e. The second-order valence-electron chi connectivity index (χ2n) is 4.11. The molecule has 1 aromatic heterocycles. The quantitative estimate of drug-likeness (QED) is 0.788. The Labute approximate surface area is 97.7 Å². The standard InChI is InChI=1S/C12H11FN2S/c13-9-3-1-2-4-11(9)15-12(16)7-10(14-15)8-5-6-8/h1-4,7-8,14H,5-6H2. The highest BCUT2D eigenvalue weighted by Crippen LogP contribution is 2.39. The van der Waals surface area contributed by atoms with E-state index in [9.17, 15) is 4.39 Å². The minimum atomic E-state index is -0.261. The number of aromatic amines is 1. The van der Waals surface area contributed by atoms with E-state index in [4.69, 9.17) is 12.2 Å². The van der Waals surface area contributed by atoms with Gasteiger partial charge < -0.3 is 0 Å². The maximum absolute atomic E-state index is 13.6. The number of rotatable bonds is 2. The van der Waals surface area contributed by atoms with Gasteiger partial charge in [0.1, 0.15) is 10.5 Å². The van der Waals surface area contributed by atoms with Crippen molar-refractivity contribution in [2.24, 2.45) is 0 Å². The number of halogens is 1. The summed E-state index contributed by atoms with van der Waals surface area (Å²) in [7, 11) is 0.